The zero-order valence-electron chi connectivity index (χ0n) is 11.6. The fourth-order valence-electron chi connectivity index (χ4n) is 2.16. The van der Waals surface area contributed by atoms with E-state index in [0.717, 1.165) is 24.2 Å². The number of aliphatic hydroxyl groups is 1. The Balaban J connectivity index is 3.29. The number of nitriles is 1. The summed E-state index contributed by atoms with van der Waals surface area (Å²) in [7, 11) is 0. The van der Waals surface area contributed by atoms with Gasteiger partial charge in [-0.1, -0.05) is 13.0 Å². The molecule has 0 saturated heterocycles. The Hall–Kier alpha value is -1.53. The summed E-state index contributed by atoms with van der Waals surface area (Å²) in [5.41, 5.74) is 2.49. The van der Waals surface area contributed by atoms with E-state index in [2.05, 4.69) is 31.7 Å². The van der Waals surface area contributed by atoms with Crippen molar-refractivity contribution in [3.8, 4) is 6.07 Å². The quantitative estimate of drug-likeness (QED) is 0.867. The van der Waals surface area contributed by atoms with Gasteiger partial charge in [-0.15, -0.1) is 0 Å². The Kier molecular flexibility index (Phi) is 5.18. The highest BCUT2D eigenvalue weighted by Gasteiger charge is 2.17. The van der Waals surface area contributed by atoms with Gasteiger partial charge in [-0.3, -0.25) is 0 Å². The molecule has 0 amide bonds. The summed E-state index contributed by atoms with van der Waals surface area (Å²) >= 11 is 0. The third-order valence-electron chi connectivity index (χ3n) is 3.38. The lowest BCUT2D eigenvalue weighted by atomic mass is 10.0. The molecule has 0 radical (unpaired) electrons. The van der Waals surface area contributed by atoms with E-state index in [4.69, 9.17) is 5.26 Å². The van der Waals surface area contributed by atoms with E-state index >= 15 is 0 Å². The molecule has 3 heteroatoms. The molecule has 18 heavy (non-hydrogen) atoms. The first-order chi connectivity index (χ1) is 8.54. The van der Waals surface area contributed by atoms with Gasteiger partial charge in [0.15, 0.2) is 0 Å². The molecule has 0 aliphatic carbocycles. The number of rotatable bonds is 5. The second-order valence-corrected chi connectivity index (χ2v) is 4.60. The van der Waals surface area contributed by atoms with Gasteiger partial charge in [-0.25, -0.2) is 0 Å². The molecule has 1 unspecified atom stereocenters. The second-order valence-electron chi connectivity index (χ2n) is 4.60. The van der Waals surface area contributed by atoms with Crippen LogP contribution in [-0.2, 0) is 0 Å². The van der Waals surface area contributed by atoms with Crippen LogP contribution in [0.1, 0.15) is 51.3 Å². The molecule has 0 fully saturated rings. The van der Waals surface area contributed by atoms with Crippen LogP contribution in [0.15, 0.2) is 18.2 Å². The van der Waals surface area contributed by atoms with Gasteiger partial charge in [0.2, 0.25) is 0 Å². The third kappa shape index (κ3) is 3.02. The first kappa shape index (κ1) is 14.5. The molecule has 1 rings (SSSR count). The zero-order valence-corrected chi connectivity index (χ0v) is 11.6. The Morgan fingerprint density at radius 3 is 2.44 bits per heavy atom. The summed E-state index contributed by atoms with van der Waals surface area (Å²) in [6, 6.07) is 8.03. The first-order valence-corrected chi connectivity index (χ1v) is 6.53. The SMILES string of the molecule is CCC(C)N(CC)c1cc(C#N)ccc1[C@H](C)O. The largest absolute Gasteiger partial charge is 0.389 e. The Morgan fingerprint density at radius 1 is 1.33 bits per heavy atom. The predicted molar refractivity (Wildman–Crippen MR) is 74.6 cm³/mol. The van der Waals surface area contributed by atoms with Crippen molar-refractivity contribution in [1.82, 2.24) is 0 Å². The Bertz CT molecular complexity index is 435. The third-order valence-corrected chi connectivity index (χ3v) is 3.38. The fraction of sp³-hybridized carbons (Fsp3) is 0.533. The lowest BCUT2D eigenvalue weighted by Gasteiger charge is -2.32. The summed E-state index contributed by atoms with van der Waals surface area (Å²) in [5, 5.41) is 18.9. The normalized spacial score (nSPS) is 13.8. The molecular formula is C15H22N2O. The lowest BCUT2D eigenvalue weighted by molar-refractivity contribution is 0.199. The van der Waals surface area contributed by atoms with E-state index < -0.39 is 6.10 Å². The van der Waals surface area contributed by atoms with Crippen LogP contribution in [-0.4, -0.2) is 17.7 Å². The van der Waals surface area contributed by atoms with E-state index in [9.17, 15) is 5.11 Å². The molecule has 0 heterocycles. The maximum absolute atomic E-state index is 9.86. The monoisotopic (exact) mass is 246 g/mol. The summed E-state index contributed by atoms with van der Waals surface area (Å²) in [4.78, 5) is 2.24. The van der Waals surface area contributed by atoms with Gasteiger partial charge in [-0.05, 0) is 39.3 Å². The molecule has 0 aliphatic rings. The van der Waals surface area contributed by atoms with Crippen molar-refractivity contribution in [2.24, 2.45) is 0 Å². The van der Waals surface area contributed by atoms with Crippen LogP contribution < -0.4 is 4.90 Å². The molecule has 1 aromatic carbocycles. The number of benzene rings is 1. The molecule has 1 N–H and O–H groups in total. The van der Waals surface area contributed by atoms with Gasteiger partial charge in [0, 0.05) is 23.8 Å². The van der Waals surface area contributed by atoms with Crippen molar-refractivity contribution in [2.45, 2.75) is 46.3 Å². The van der Waals surface area contributed by atoms with E-state index in [1.165, 1.54) is 0 Å². The maximum atomic E-state index is 9.86. The highest BCUT2D eigenvalue weighted by molar-refractivity contribution is 5.59. The van der Waals surface area contributed by atoms with E-state index in [-0.39, 0.29) is 0 Å². The van der Waals surface area contributed by atoms with E-state index in [1.54, 1.807) is 13.0 Å². The van der Waals surface area contributed by atoms with Crippen LogP contribution in [0.2, 0.25) is 0 Å². The lowest BCUT2D eigenvalue weighted by Crippen LogP contribution is -2.33. The van der Waals surface area contributed by atoms with Gasteiger partial charge in [0.1, 0.15) is 0 Å². The summed E-state index contributed by atoms with van der Waals surface area (Å²) in [6.45, 7) is 9.02. The van der Waals surface area contributed by atoms with Gasteiger partial charge in [-0.2, -0.15) is 5.26 Å². The molecule has 3 nitrogen and oxygen atoms in total. The van der Waals surface area contributed by atoms with Crippen LogP contribution in [0.4, 0.5) is 5.69 Å². The average Bonchev–Trinajstić information content (AvgIpc) is 2.38. The highest BCUT2D eigenvalue weighted by Crippen LogP contribution is 2.29. The summed E-state index contributed by atoms with van der Waals surface area (Å²) in [5.74, 6) is 0. The van der Waals surface area contributed by atoms with Crippen LogP contribution in [0, 0.1) is 11.3 Å². The minimum atomic E-state index is -0.522. The number of hydrogen-bond acceptors (Lipinski definition) is 3. The maximum Gasteiger partial charge on any atom is 0.0992 e. The van der Waals surface area contributed by atoms with E-state index in [1.807, 2.05) is 12.1 Å². The van der Waals surface area contributed by atoms with Crippen LogP contribution in [0.25, 0.3) is 0 Å². The summed E-state index contributed by atoms with van der Waals surface area (Å²) < 4.78 is 0. The van der Waals surface area contributed by atoms with Gasteiger partial charge < -0.3 is 10.0 Å². The minimum Gasteiger partial charge on any atom is -0.389 e. The summed E-state index contributed by atoms with van der Waals surface area (Å²) in [6.07, 6.45) is 0.509. The average molecular weight is 246 g/mol. The van der Waals surface area contributed by atoms with Crippen molar-refractivity contribution in [1.29, 1.82) is 5.26 Å². The molecule has 0 spiro atoms. The van der Waals surface area contributed by atoms with E-state index in [0.29, 0.717) is 11.6 Å². The first-order valence-electron chi connectivity index (χ1n) is 6.53. The molecule has 0 aliphatic heterocycles. The number of anilines is 1. The number of nitrogens with zero attached hydrogens (tertiary/aromatic N) is 2. The topological polar surface area (TPSA) is 47.3 Å². The van der Waals surface area contributed by atoms with Crippen LogP contribution >= 0.6 is 0 Å². The highest BCUT2D eigenvalue weighted by atomic mass is 16.3. The molecule has 2 atom stereocenters. The van der Waals surface area contributed by atoms with Crippen molar-refractivity contribution in [3.63, 3.8) is 0 Å². The predicted octanol–water partition coefficient (Wildman–Crippen LogP) is 3.24. The van der Waals surface area contributed by atoms with Crippen molar-refractivity contribution in [3.05, 3.63) is 29.3 Å². The van der Waals surface area contributed by atoms with Crippen LogP contribution in [0.3, 0.4) is 0 Å². The van der Waals surface area contributed by atoms with Crippen LogP contribution in [0.5, 0.6) is 0 Å². The molecule has 98 valence electrons. The van der Waals surface area contributed by atoms with Crippen molar-refractivity contribution >= 4 is 5.69 Å². The Labute approximate surface area is 110 Å². The minimum absolute atomic E-state index is 0.390. The Morgan fingerprint density at radius 2 is 2.00 bits per heavy atom. The molecule has 0 saturated carbocycles. The van der Waals surface area contributed by atoms with Gasteiger partial charge in [0.25, 0.3) is 0 Å². The van der Waals surface area contributed by atoms with Crippen molar-refractivity contribution < 1.29 is 5.11 Å². The zero-order chi connectivity index (χ0) is 13.7. The fourth-order valence-corrected chi connectivity index (χ4v) is 2.16. The molecule has 0 aromatic heterocycles. The standard InChI is InChI=1S/C15H22N2O/c1-5-11(3)17(6-2)15-9-13(10-16)7-8-14(15)12(4)18/h7-9,11-12,18H,5-6H2,1-4H3/t11?,12-/m0/s1. The van der Waals surface area contributed by atoms with Gasteiger partial charge in [0.05, 0.1) is 17.7 Å². The smallest absolute Gasteiger partial charge is 0.0992 e. The molecule has 1 aromatic rings. The second kappa shape index (κ2) is 6.42. The molecular weight excluding hydrogens is 224 g/mol. The van der Waals surface area contributed by atoms with Gasteiger partial charge >= 0.3 is 0 Å². The van der Waals surface area contributed by atoms with Crippen molar-refractivity contribution in [2.75, 3.05) is 11.4 Å². The number of hydrogen-bond donors (Lipinski definition) is 1. The molecule has 0 bridgehead atoms. The number of aliphatic hydroxyl groups excluding tert-OH is 1.